The van der Waals surface area contributed by atoms with Crippen molar-refractivity contribution in [3.8, 4) is 0 Å². The molecule has 0 fully saturated rings. The van der Waals surface area contributed by atoms with Crippen molar-refractivity contribution in [3.63, 3.8) is 0 Å². The third-order valence-electron chi connectivity index (χ3n) is 2.54. The van der Waals surface area contributed by atoms with Crippen LogP contribution in [0.2, 0.25) is 0 Å². The van der Waals surface area contributed by atoms with Crippen molar-refractivity contribution in [1.82, 2.24) is 15.0 Å². The highest BCUT2D eigenvalue weighted by molar-refractivity contribution is 7.89. The SMILES string of the molecule is CCNS(=O)(=O)CCNC(=O)c1cc(N)nc(CC)c1. The average molecular weight is 300 g/mol. The molecule has 0 bridgehead atoms. The highest BCUT2D eigenvalue weighted by Crippen LogP contribution is 2.08. The minimum absolute atomic E-state index is 0.0395. The normalized spacial score (nSPS) is 11.3. The van der Waals surface area contributed by atoms with Crippen molar-refractivity contribution in [2.24, 2.45) is 0 Å². The number of aromatic nitrogens is 1. The molecular weight excluding hydrogens is 280 g/mol. The molecule has 0 aliphatic heterocycles. The first-order valence-electron chi connectivity index (χ1n) is 6.40. The van der Waals surface area contributed by atoms with Gasteiger partial charge in [0.05, 0.1) is 5.75 Å². The minimum Gasteiger partial charge on any atom is -0.384 e. The number of carbonyl (C=O) groups excluding carboxylic acids is 1. The molecule has 8 heteroatoms. The van der Waals surface area contributed by atoms with Crippen LogP contribution >= 0.6 is 0 Å². The third kappa shape index (κ3) is 5.14. The molecule has 1 rings (SSSR count). The first kappa shape index (κ1) is 16.4. The number of pyridine rings is 1. The number of nitrogens with one attached hydrogen (secondary N) is 2. The smallest absolute Gasteiger partial charge is 0.251 e. The molecule has 1 amide bonds. The standard InChI is InChI=1S/C12H20N4O3S/c1-3-10-7-9(8-11(13)16-10)12(17)14-5-6-20(18,19)15-4-2/h7-8,15H,3-6H2,1-2H3,(H2,13,16)(H,14,17). The number of anilines is 1. The van der Waals surface area contributed by atoms with E-state index in [0.29, 0.717) is 18.5 Å². The lowest BCUT2D eigenvalue weighted by Crippen LogP contribution is -2.34. The molecule has 7 nitrogen and oxygen atoms in total. The number of carbonyl (C=O) groups is 1. The van der Waals surface area contributed by atoms with Crippen molar-refractivity contribution >= 4 is 21.7 Å². The molecule has 1 heterocycles. The summed E-state index contributed by atoms with van der Waals surface area (Å²) in [6.07, 6.45) is 0.667. The van der Waals surface area contributed by atoms with E-state index < -0.39 is 10.0 Å². The van der Waals surface area contributed by atoms with Crippen molar-refractivity contribution in [2.75, 3.05) is 24.6 Å². The number of sulfonamides is 1. The monoisotopic (exact) mass is 300 g/mol. The first-order chi connectivity index (χ1) is 9.38. The summed E-state index contributed by atoms with van der Waals surface area (Å²) in [4.78, 5) is 16.0. The second kappa shape index (κ2) is 7.20. The summed E-state index contributed by atoms with van der Waals surface area (Å²) in [7, 11) is -3.33. The van der Waals surface area contributed by atoms with E-state index >= 15 is 0 Å². The van der Waals surface area contributed by atoms with Crippen LogP contribution in [0.1, 0.15) is 29.9 Å². The average Bonchev–Trinajstić information content (AvgIpc) is 2.37. The summed E-state index contributed by atoms with van der Waals surface area (Å²) in [6.45, 7) is 3.98. The van der Waals surface area contributed by atoms with E-state index in [4.69, 9.17) is 5.73 Å². The Morgan fingerprint density at radius 2 is 2.05 bits per heavy atom. The van der Waals surface area contributed by atoms with Crippen molar-refractivity contribution in [3.05, 3.63) is 23.4 Å². The quantitative estimate of drug-likeness (QED) is 0.650. The lowest BCUT2D eigenvalue weighted by atomic mass is 10.2. The predicted octanol–water partition coefficient (Wildman–Crippen LogP) is -0.105. The van der Waals surface area contributed by atoms with Gasteiger partial charge in [-0.1, -0.05) is 13.8 Å². The molecular formula is C12H20N4O3S. The Bertz CT molecular complexity index is 572. The number of nitrogens with two attached hydrogens (primary N) is 1. The van der Waals surface area contributed by atoms with Gasteiger partial charge in [0.15, 0.2) is 0 Å². The number of hydrogen-bond donors (Lipinski definition) is 3. The maximum Gasteiger partial charge on any atom is 0.251 e. The van der Waals surface area contributed by atoms with E-state index in [1.807, 2.05) is 6.92 Å². The molecule has 4 N–H and O–H groups in total. The molecule has 0 spiro atoms. The topological polar surface area (TPSA) is 114 Å². The van der Waals surface area contributed by atoms with Gasteiger partial charge in [-0.3, -0.25) is 4.79 Å². The molecule has 0 saturated carbocycles. The van der Waals surface area contributed by atoms with Crippen molar-refractivity contribution in [2.45, 2.75) is 20.3 Å². The van der Waals surface area contributed by atoms with Crippen molar-refractivity contribution in [1.29, 1.82) is 0 Å². The fraction of sp³-hybridized carbons (Fsp3) is 0.500. The molecule has 1 aromatic rings. The van der Waals surface area contributed by atoms with Crippen LogP contribution in [0, 0.1) is 0 Å². The Morgan fingerprint density at radius 1 is 1.35 bits per heavy atom. The minimum atomic E-state index is -3.33. The van der Waals surface area contributed by atoms with Gasteiger partial charge in [0, 0.05) is 24.3 Å². The van der Waals surface area contributed by atoms with E-state index in [1.54, 1.807) is 13.0 Å². The van der Waals surface area contributed by atoms with Gasteiger partial charge in [0.2, 0.25) is 10.0 Å². The number of aryl methyl sites for hydroxylation is 1. The summed E-state index contributed by atoms with van der Waals surface area (Å²) in [6, 6.07) is 3.11. The van der Waals surface area contributed by atoms with Crippen LogP contribution in [0.15, 0.2) is 12.1 Å². The summed E-state index contributed by atoms with van der Waals surface area (Å²) >= 11 is 0. The largest absolute Gasteiger partial charge is 0.384 e. The van der Waals surface area contributed by atoms with Crippen molar-refractivity contribution < 1.29 is 13.2 Å². The van der Waals surface area contributed by atoms with Gasteiger partial charge in [-0.15, -0.1) is 0 Å². The lowest BCUT2D eigenvalue weighted by molar-refractivity contribution is 0.0956. The Morgan fingerprint density at radius 3 is 2.65 bits per heavy atom. The molecule has 20 heavy (non-hydrogen) atoms. The number of nitrogen functional groups attached to an aromatic ring is 1. The Hall–Kier alpha value is -1.67. The molecule has 0 aromatic carbocycles. The summed E-state index contributed by atoms with van der Waals surface area (Å²) in [5, 5.41) is 2.55. The molecule has 0 aliphatic rings. The molecule has 1 aromatic heterocycles. The molecule has 0 radical (unpaired) electrons. The first-order valence-corrected chi connectivity index (χ1v) is 8.05. The van der Waals surface area contributed by atoms with Gasteiger partial charge in [-0.2, -0.15) is 0 Å². The molecule has 0 saturated heterocycles. The Balaban J connectivity index is 2.62. The highest BCUT2D eigenvalue weighted by atomic mass is 32.2. The number of amides is 1. The summed E-state index contributed by atoms with van der Waals surface area (Å²) in [5.41, 5.74) is 6.72. The lowest BCUT2D eigenvalue weighted by Gasteiger charge is -2.08. The van der Waals surface area contributed by atoms with Crippen LogP contribution in [0.3, 0.4) is 0 Å². The van der Waals surface area contributed by atoms with Crippen LogP contribution in [-0.4, -0.2) is 38.2 Å². The molecule has 0 aliphatic carbocycles. The van der Waals surface area contributed by atoms with Gasteiger partial charge < -0.3 is 11.1 Å². The zero-order valence-electron chi connectivity index (χ0n) is 11.6. The zero-order chi connectivity index (χ0) is 15.2. The van der Waals surface area contributed by atoms with Gasteiger partial charge in [0.25, 0.3) is 5.91 Å². The van der Waals surface area contributed by atoms with Gasteiger partial charge in [-0.05, 0) is 18.6 Å². The Kier molecular flexibility index (Phi) is 5.90. The molecule has 0 unspecified atom stereocenters. The van der Waals surface area contributed by atoms with E-state index in [1.165, 1.54) is 6.07 Å². The van der Waals surface area contributed by atoms with E-state index in [9.17, 15) is 13.2 Å². The fourth-order valence-corrected chi connectivity index (χ4v) is 2.57. The van der Waals surface area contributed by atoms with E-state index in [2.05, 4.69) is 15.0 Å². The van der Waals surface area contributed by atoms with Gasteiger partial charge in [0.1, 0.15) is 5.82 Å². The second-order valence-electron chi connectivity index (χ2n) is 4.20. The van der Waals surface area contributed by atoms with E-state index in [0.717, 1.165) is 5.69 Å². The highest BCUT2D eigenvalue weighted by Gasteiger charge is 2.11. The maximum atomic E-state index is 11.9. The van der Waals surface area contributed by atoms with Crippen LogP contribution in [-0.2, 0) is 16.4 Å². The number of nitrogens with zero attached hydrogens (tertiary/aromatic N) is 1. The Labute approximate surface area is 119 Å². The van der Waals surface area contributed by atoms with Crippen LogP contribution in [0.4, 0.5) is 5.82 Å². The molecule has 0 atom stereocenters. The maximum absolute atomic E-state index is 11.9. The summed E-state index contributed by atoms with van der Waals surface area (Å²) in [5.74, 6) is -0.247. The van der Waals surface area contributed by atoms with E-state index in [-0.39, 0.29) is 24.0 Å². The van der Waals surface area contributed by atoms with Gasteiger partial charge in [-0.25, -0.2) is 18.1 Å². The third-order valence-corrected chi connectivity index (χ3v) is 4.01. The predicted molar refractivity (Wildman–Crippen MR) is 77.8 cm³/mol. The summed E-state index contributed by atoms with van der Waals surface area (Å²) < 4.78 is 25.2. The second-order valence-corrected chi connectivity index (χ2v) is 6.12. The number of hydrogen-bond acceptors (Lipinski definition) is 5. The van der Waals surface area contributed by atoms with Crippen LogP contribution in [0.5, 0.6) is 0 Å². The fourth-order valence-electron chi connectivity index (χ4n) is 1.62. The van der Waals surface area contributed by atoms with Crippen LogP contribution < -0.4 is 15.8 Å². The molecule has 112 valence electrons. The zero-order valence-corrected chi connectivity index (χ0v) is 12.5. The van der Waals surface area contributed by atoms with Gasteiger partial charge >= 0.3 is 0 Å². The number of rotatable bonds is 7. The van der Waals surface area contributed by atoms with Crippen LogP contribution in [0.25, 0.3) is 0 Å².